The maximum atomic E-state index is 12.9. The van der Waals surface area contributed by atoms with Gasteiger partial charge < -0.3 is 40.3 Å². The van der Waals surface area contributed by atoms with Gasteiger partial charge in [-0.1, -0.05) is 179 Å². The minimum Gasteiger partial charge on any atom is -0.394 e. The van der Waals surface area contributed by atoms with Crippen LogP contribution < -0.4 is 5.32 Å². The van der Waals surface area contributed by atoms with E-state index in [9.17, 15) is 30.3 Å². The lowest BCUT2D eigenvalue weighted by Gasteiger charge is -2.40. The van der Waals surface area contributed by atoms with Crippen molar-refractivity contribution < 1.29 is 39.8 Å². The van der Waals surface area contributed by atoms with Gasteiger partial charge in [-0.2, -0.15) is 0 Å². The first-order valence-electron chi connectivity index (χ1n) is 22.2. The van der Waals surface area contributed by atoms with E-state index in [0.29, 0.717) is 6.42 Å². The van der Waals surface area contributed by atoms with E-state index in [2.05, 4.69) is 43.5 Å². The van der Waals surface area contributed by atoms with E-state index in [4.69, 9.17) is 9.47 Å². The van der Waals surface area contributed by atoms with Gasteiger partial charge in [0.2, 0.25) is 5.91 Å². The SMILES string of the molecule is CCC/C=C/CC/C=C/CC/C=C/C(O)C(COC1OC(CO)C(O)C(O)C1O)NC(=O)CCCCCCCCCCCCCCCCCCCCCC. The van der Waals surface area contributed by atoms with Gasteiger partial charge in [0.1, 0.15) is 24.4 Å². The molecule has 1 fully saturated rings. The number of nitrogens with one attached hydrogen (secondary N) is 1. The molecule has 1 aliphatic rings. The lowest BCUT2D eigenvalue weighted by Crippen LogP contribution is -2.60. The molecule has 1 rings (SSSR count). The van der Waals surface area contributed by atoms with Crippen LogP contribution in [-0.4, -0.2) is 87.5 Å². The first-order valence-corrected chi connectivity index (χ1v) is 22.2. The molecule has 0 radical (unpaired) electrons. The Labute approximate surface area is 330 Å². The molecule has 1 aliphatic heterocycles. The van der Waals surface area contributed by atoms with Crippen LogP contribution in [0.5, 0.6) is 0 Å². The summed E-state index contributed by atoms with van der Waals surface area (Å²) in [5, 5.41) is 54.0. The molecular formula is C45H83NO8. The number of carbonyl (C=O) groups is 1. The maximum absolute atomic E-state index is 12.9. The van der Waals surface area contributed by atoms with Crippen molar-refractivity contribution in [3.05, 3.63) is 36.5 Å². The summed E-state index contributed by atoms with van der Waals surface area (Å²) in [6.45, 7) is 3.67. The smallest absolute Gasteiger partial charge is 0.220 e. The van der Waals surface area contributed by atoms with Gasteiger partial charge in [-0.15, -0.1) is 0 Å². The fraction of sp³-hybridized carbons (Fsp3) is 0.844. The van der Waals surface area contributed by atoms with Crippen LogP contribution in [0.25, 0.3) is 0 Å². The van der Waals surface area contributed by atoms with E-state index in [1.54, 1.807) is 6.08 Å². The predicted octanol–water partition coefficient (Wildman–Crippen LogP) is 8.89. The first kappa shape index (κ1) is 50.4. The average Bonchev–Trinajstić information content (AvgIpc) is 3.17. The Bertz CT molecular complexity index is 941. The van der Waals surface area contributed by atoms with Crippen molar-refractivity contribution in [2.75, 3.05) is 13.2 Å². The lowest BCUT2D eigenvalue weighted by atomic mass is 9.99. The highest BCUT2D eigenvalue weighted by molar-refractivity contribution is 5.76. The summed E-state index contributed by atoms with van der Waals surface area (Å²) in [6, 6.07) is -0.823. The number of ether oxygens (including phenoxy) is 2. The van der Waals surface area contributed by atoms with Gasteiger partial charge in [-0.3, -0.25) is 4.79 Å². The van der Waals surface area contributed by atoms with Crippen LogP contribution in [0.15, 0.2) is 36.5 Å². The van der Waals surface area contributed by atoms with E-state index in [1.807, 2.05) is 6.08 Å². The van der Waals surface area contributed by atoms with Gasteiger partial charge in [0.15, 0.2) is 6.29 Å². The van der Waals surface area contributed by atoms with Crippen molar-refractivity contribution in [3.8, 4) is 0 Å². The van der Waals surface area contributed by atoms with Crippen molar-refractivity contribution in [3.63, 3.8) is 0 Å². The van der Waals surface area contributed by atoms with E-state index in [0.717, 1.165) is 57.8 Å². The number of aliphatic hydroxyl groups excluding tert-OH is 5. The maximum Gasteiger partial charge on any atom is 0.220 e. The number of carbonyl (C=O) groups excluding carboxylic acids is 1. The molecule has 9 heteroatoms. The average molecular weight is 766 g/mol. The van der Waals surface area contributed by atoms with Crippen LogP contribution in [0.4, 0.5) is 0 Å². The summed E-state index contributed by atoms with van der Waals surface area (Å²) in [5.74, 6) is -0.191. The topological polar surface area (TPSA) is 149 Å². The number of hydrogen-bond acceptors (Lipinski definition) is 8. The molecule has 54 heavy (non-hydrogen) atoms. The molecule has 0 aromatic carbocycles. The third-order valence-corrected chi connectivity index (χ3v) is 10.4. The molecule has 0 aliphatic carbocycles. The fourth-order valence-electron chi connectivity index (χ4n) is 6.84. The number of unbranched alkanes of at least 4 members (excludes halogenated alkanes) is 22. The largest absolute Gasteiger partial charge is 0.394 e. The van der Waals surface area contributed by atoms with E-state index < -0.39 is 49.5 Å². The fourth-order valence-corrected chi connectivity index (χ4v) is 6.84. The first-order chi connectivity index (χ1) is 26.3. The highest BCUT2D eigenvalue weighted by atomic mass is 16.7. The Balaban J connectivity index is 2.32. The Morgan fingerprint density at radius 3 is 1.52 bits per heavy atom. The summed E-state index contributed by atoms with van der Waals surface area (Å²) < 4.78 is 11.2. The van der Waals surface area contributed by atoms with Crippen LogP contribution in [0.2, 0.25) is 0 Å². The van der Waals surface area contributed by atoms with Crippen molar-refractivity contribution in [2.24, 2.45) is 0 Å². The zero-order valence-corrected chi connectivity index (χ0v) is 34.5. The Kier molecular flexibility index (Phi) is 33.4. The number of rotatable bonds is 36. The summed E-state index contributed by atoms with van der Waals surface area (Å²) in [5.41, 5.74) is 0. The van der Waals surface area contributed by atoms with Crippen LogP contribution in [0.1, 0.15) is 187 Å². The molecule has 0 aromatic rings. The van der Waals surface area contributed by atoms with Crippen molar-refractivity contribution in [1.29, 1.82) is 0 Å². The molecule has 6 N–H and O–H groups in total. The van der Waals surface area contributed by atoms with Crippen molar-refractivity contribution >= 4 is 5.91 Å². The van der Waals surface area contributed by atoms with Crippen LogP contribution in [-0.2, 0) is 14.3 Å². The highest BCUT2D eigenvalue weighted by Gasteiger charge is 2.44. The predicted molar refractivity (Wildman–Crippen MR) is 221 cm³/mol. The van der Waals surface area contributed by atoms with Crippen LogP contribution in [0.3, 0.4) is 0 Å². The van der Waals surface area contributed by atoms with Gasteiger partial charge in [-0.25, -0.2) is 0 Å². The molecule has 1 amide bonds. The zero-order chi connectivity index (χ0) is 39.5. The molecule has 0 saturated carbocycles. The summed E-state index contributed by atoms with van der Waals surface area (Å²) in [6.07, 6.45) is 36.3. The van der Waals surface area contributed by atoms with Crippen LogP contribution >= 0.6 is 0 Å². The molecule has 316 valence electrons. The van der Waals surface area contributed by atoms with E-state index in [1.165, 1.54) is 109 Å². The number of allylic oxidation sites excluding steroid dienone is 5. The van der Waals surface area contributed by atoms with Crippen molar-refractivity contribution in [2.45, 2.75) is 230 Å². The molecule has 0 bridgehead atoms. The Morgan fingerprint density at radius 2 is 1.06 bits per heavy atom. The summed E-state index contributed by atoms with van der Waals surface area (Å²) in [4.78, 5) is 12.9. The lowest BCUT2D eigenvalue weighted by molar-refractivity contribution is -0.302. The second-order valence-electron chi connectivity index (χ2n) is 15.5. The molecule has 1 saturated heterocycles. The standard InChI is InChI=1S/C45H83NO8/c1-3-5-7-9-11-13-15-16-17-18-19-20-21-22-23-25-27-29-31-33-35-41(49)46-38(37-53-45-44(52)43(51)42(50)40(36-47)54-45)39(48)34-32-30-28-26-24-14-12-10-8-6-4-2/h8,10,24,26,32,34,38-40,42-45,47-48,50-52H,3-7,9,11-23,25,27-31,33,35-37H2,1-2H3,(H,46,49)/b10-8+,26-24+,34-32+. The molecule has 1 heterocycles. The number of aliphatic hydroxyl groups is 5. The third kappa shape index (κ3) is 26.3. The minimum absolute atomic E-state index is 0.191. The number of amides is 1. The highest BCUT2D eigenvalue weighted by Crippen LogP contribution is 2.22. The van der Waals surface area contributed by atoms with E-state index in [-0.39, 0.29) is 12.5 Å². The molecule has 9 nitrogen and oxygen atoms in total. The second-order valence-corrected chi connectivity index (χ2v) is 15.5. The molecular weight excluding hydrogens is 682 g/mol. The Hall–Kier alpha value is -1.59. The summed E-state index contributed by atoms with van der Waals surface area (Å²) in [7, 11) is 0. The Morgan fingerprint density at radius 1 is 0.611 bits per heavy atom. The monoisotopic (exact) mass is 766 g/mol. The second kappa shape index (κ2) is 35.8. The van der Waals surface area contributed by atoms with Crippen molar-refractivity contribution in [1.82, 2.24) is 5.32 Å². The zero-order valence-electron chi connectivity index (χ0n) is 34.5. The third-order valence-electron chi connectivity index (χ3n) is 10.4. The minimum atomic E-state index is -1.57. The van der Waals surface area contributed by atoms with Gasteiger partial charge >= 0.3 is 0 Å². The normalized spacial score (nSPS) is 21.8. The van der Waals surface area contributed by atoms with Gasteiger partial charge in [0, 0.05) is 6.42 Å². The van der Waals surface area contributed by atoms with Gasteiger partial charge in [0.05, 0.1) is 25.4 Å². The molecule has 7 unspecified atom stereocenters. The molecule has 0 aromatic heterocycles. The van der Waals surface area contributed by atoms with Gasteiger partial charge in [-0.05, 0) is 38.5 Å². The van der Waals surface area contributed by atoms with Gasteiger partial charge in [0.25, 0.3) is 0 Å². The quantitative estimate of drug-likeness (QED) is 0.0274. The van der Waals surface area contributed by atoms with E-state index >= 15 is 0 Å². The summed E-state index contributed by atoms with van der Waals surface area (Å²) >= 11 is 0. The molecule has 7 atom stereocenters. The molecule has 0 spiro atoms. The number of hydrogen-bond donors (Lipinski definition) is 6. The van der Waals surface area contributed by atoms with Crippen LogP contribution in [0, 0.1) is 0 Å².